The van der Waals surface area contributed by atoms with E-state index in [1.807, 2.05) is 45.0 Å². The van der Waals surface area contributed by atoms with Crippen LogP contribution in [-0.2, 0) is 26.2 Å². The maximum atomic E-state index is 13.4. The highest BCUT2D eigenvalue weighted by molar-refractivity contribution is 7.92. The molecule has 5 aromatic rings. The number of carbonyl (C=O) groups excluding carboxylic acids is 1. The van der Waals surface area contributed by atoms with E-state index in [1.54, 1.807) is 60.8 Å². The molecule has 12 nitrogen and oxygen atoms in total. The number of urea groups is 1. The Bertz CT molecular complexity index is 2210. The third kappa shape index (κ3) is 9.19. The molecule has 1 unspecified atom stereocenters. The lowest BCUT2D eigenvalue weighted by atomic mass is 9.86. The molecule has 2 amide bonds. The SMILES string of the molecule is COc1c(NC(=O)Nc2ccc(Oc3ccnc(Nc4ccc(C[P+](=O)O)c(Cl)c4)c3)c3ccccc23)cc(C(C)(C)C)cc1NS(C)(=O)=O. The molecule has 5 N–H and O–H groups in total. The number of nitrogens with zero attached hydrogens (tertiary/aromatic N) is 1. The van der Waals surface area contributed by atoms with Crippen molar-refractivity contribution in [1.29, 1.82) is 0 Å². The molecule has 50 heavy (non-hydrogen) atoms. The van der Waals surface area contributed by atoms with Gasteiger partial charge in [0.05, 0.1) is 35.5 Å². The number of anilines is 5. The van der Waals surface area contributed by atoms with Crippen molar-refractivity contribution in [1.82, 2.24) is 4.98 Å². The van der Waals surface area contributed by atoms with Crippen LogP contribution >= 0.6 is 19.6 Å². The second-order valence-electron chi connectivity index (χ2n) is 12.4. The maximum absolute atomic E-state index is 13.4. The predicted octanol–water partition coefficient (Wildman–Crippen LogP) is 8.98. The summed E-state index contributed by atoms with van der Waals surface area (Å²) in [5, 5.41) is 10.7. The van der Waals surface area contributed by atoms with Gasteiger partial charge in [0, 0.05) is 34.3 Å². The number of nitrogens with one attached hydrogen (secondary N) is 4. The minimum Gasteiger partial charge on any atom is -0.492 e. The fraction of sp³-hybridized carbons (Fsp3) is 0.200. The zero-order valence-electron chi connectivity index (χ0n) is 27.9. The molecule has 0 radical (unpaired) electrons. The number of ether oxygens (including phenoxy) is 2. The third-order valence-electron chi connectivity index (χ3n) is 7.43. The number of halogens is 1. The Morgan fingerprint density at radius 2 is 1.64 bits per heavy atom. The van der Waals surface area contributed by atoms with E-state index in [0.717, 1.165) is 17.2 Å². The highest BCUT2D eigenvalue weighted by Gasteiger charge is 2.23. The van der Waals surface area contributed by atoms with Crippen molar-refractivity contribution in [2.75, 3.05) is 34.0 Å². The monoisotopic (exact) mass is 736 g/mol. The number of rotatable bonds is 11. The van der Waals surface area contributed by atoms with E-state index in [0.29, 0.717) is 44.7 Å². The molecule has 0 aliphatic rings. The largest absolute Gasteiger partial charge is 0.510 e. The summed E-state index contributed by atoms with van der Waals surface area (Å²) in [5.41, 5.74) is 2.62. The molecular weight excluding hydrogens is 701 g/mol. The molecule has 1 atom stereocenters. The van der Waals surface area contributed by atoms with Crippen LogP contribution in [-0.4, -0.2) is 37.7 Å². The summed E-state index contributed by atoms with van der Waals surface area (Å²) in [4.78, 5) is 27.0. The topological polar surface area (TPSA) is 168 Å². The van der Waals surface area contributed by atoms with E-state index in [-0.39, 0.29) is 28.7 Å². The minimum absolute atomic E-state index is 0.0329. The van der Waals surface area contributed by atoms with Gasteiger partial charge in [-0.3, -0.25) is 4.72 Å². The first kappa shape index (κ1) is 36.3. The Labute approximate surface area is 296 Å². The van der Waals surface area contributed by atoms with Crippen LogP contribution < -0.4 is 30.1 Å². The summed E-state index contributed by atoms with van der Waals surface area (Å²) in [6.07, 6.45) is 2.60. The van der Waals surface area contributed by atoms with E-state index in [9.17, 15) is 22.7 Å². The number of hydrogen-bond donors (Lipinski definition) is 5. The molecule has 260 valence electrons. The van der Waals surface area contributed by atoms with Crippen LogP contribution in [0.2, 0.25) is 5.02 Å². The van der Waals surface area contributed by atoms with Gasteiger partial charge in [0.25, 0.3) is 0 Å². The predicted molar refractivity (Wildman–Crippen MR) is 199 cm³/mol. The second-order valence-corrected chi connectivity index (χ2v) is 15.6. The van der Waals surface area contributed by atoms with E-state index < -0.39 is 24.1 Å². The van der Waals surface area contributed by atoms with Crippen LogP contribution in [0, 0.1) is 0 Å². The van der Waals surface area contributed by atoms with Crippen LogP contribution in [0.5, 0.6) is 17.2 Å². The molecule has 1 aromatic heterocycles. The van der Waals surface area contributed by atoms with Crippen molar-refractivity contribution >= 4 is 75.0 Å². The molecule has 0 saturated carbocycles. The normalized spacial score (nSPS) is 11.9. The minimum atomic E-state index is -3.64. The Kier molecular flexibility index (Phi) is 10.8. The molecule has 5 rings (SSSR count). The standard InChI is InChI=1S/C35H35ClN5O7PS/c1-35(2,3)22-16-29(33(47-4)30(17-22)41-50(5,45)46)40-34(42)39-28-12-13-31(26-9-7-6-8-25(26)28)48-24-14-15-37-32(19-24)38-23-11-10-21(20-49(43)44)27(36)18-23/h6-19,41H,20H2,1-5H3,(H3-,37,38,39,40,42,43,44)/p+1. The number of methoxy groups -OCH3 is 1. The van der Waals surface area contributed by atoms with Crippen molar-refractivity contribution in [3.8, 4) is 17.2 Å². The molecular formula is C35H36ClN5O7PS+. The van der Waals surface area contributed by atoms with Gasteiger partial charge in [0.2, 0.25) is 16.2 Å². The quantitative estimate of drug-likeness (QED) is 0.0831. The van der Waals surface area contributed by atoms with Gasteiger partial charge in [-0.15, -0.1) is 0 Å². The Morgan fingerprint density at radius 1 is 0.940 bits per heavy atom. The summed E-state index contributed by atoms with van der Waals surface area (Å²) in [7, 11) is -4.59. The van der Waals surface area contributed by atoms with Crippen molar-refractivity contribution in [2.24, 2.45) is 0 Å². The first-order valence-corrected chi connectivity index (χ1v) is 18.9. The van der Waals surface area contributed by atoms with E-state index >= 15 is 0 Å². The van der Waals surface area contributed by atoms with Gasteiger partial charge in [-0.2, -0.15) is 4.89 Å². The molecule has 0 aliphatic heterocycles. The van der Waals surface area contributed by atoms with Gasteiger partial charge in [0.15, 0.2) is 5.75 Å². The third-order valence-corrected chi connectivity index (χ3v) is 8.98. The van der Waals surface area contributed by atoms with Crippen LogP contribution in [0.3, 0.4) is 0 Å². The Balaban J connectivity index is 1.37. The van der Waals surface area contributed by atoms with Gasteiger partial charge >= 0.3 is 14.1 Å². The smallest absolute Gasteiger partial charge is 0.492 e. The number of amides is 2. The summed E-state index contributed by atoms with van der Waals surface area (Å²) in [5.74, 6) is 1.68. The number of carbonyl (C=O) groups is 1. The highest BCUT2D eigenvalue weighted by Crippen LogP contribution is 2.40. The van der Waals surface area contributed by atoms with Gasteiger partial charge < -0.3 is 25.4 Å². The van der Waals surface area contributed by atoms with Crippen molar-refractivity contribution in [2.45, 2.75) is 32.3 Å². The van der Waals surface area contributed by atoms with Crippen LogP contribution in [0.15, 0.2) is 85.1 Å². The van der Waals surface area contributed by atoms with Crippen molar-refractivity contribution in [3.63, 3.8) is 0 Å². The Morgan fingerprint density at radius 3 is 2.30 bits per heavy atom. The number of benzene rings is 4. The molecule has 0 fully saturated rings. The average Bonchev–Trinajstić information content (AvgIpc) is 3.02. The number of pyridine rings is 1. The molecule has 15 heteroatoms. The van der Waals surface area contributed by atoms with E-state index in [4.69, 9.17) is 21.1 Å². The number of aromatic nitrogens is 1. The van der Waals surface area contributed by atoms with Crippen LogP contribution in [0.1, 0.15) is 31.9 Å². The van der Waals surface area contributed by atoms with E-state index in [1.165, 1.54) is 7.11 Å². The zero-order valence-corrected chi connectivity index (χ0v) is 30.3. The number of fused-ring (bicyclic) bond motifs is 1. The van der Waals surface area contributed by atoms with Gasteiger partial charge in [0.1, 0.15) is 17.3 Å². The first-order valence-electron chi connectivity index (χ1n) is 15.2. The van der Waals surface area contributed by atoms with Gasteiger partial charge in [-0.05, 0) is 58.0 Å². The van der Waals surface area contributed by atoms with Crippen molar-refractivity contribution < 1.29 is 32.1 Å². The molecule has 0 saturated heterocycles. The molecule has 4 aromatic carbocycles. The number of sulfonamides is 1. The summed E-state index contributed by atoms with van der Waals surface area (Å²) < 4.78 is 49.7. The maximum Gasteiger partial charge on any atom is 0.510 e. The molecule has 1 heterocycles. The highest BCUT2D eigenvalue weighted by atomic mass is 35.5. The first-order chi connectivity index (χ1) is 23.6. The average molecular weight is 737 g/mol. The van der Waals surface area contributed by atoms with Gasteiger partial charge in [-0.1, -0.05) is 62.7 Å². The lowest BCUT2D eigenvalue weighted by Gasteiger charge is -2.24. The van der Waals surface area contributed by atoms with Gasteiger partial charge in [-0.25, -0.2) is 18.2 Å². The number of hydrogen-bond acceptors (Lipinski definition) is 8. The van der Waals surface area contributed by atoms with Crippen molar-refractivity contribution in [3.05, 3.63) is 101 Å². The lowest BCUT2D eigenvalue weighted by Crippen LogP contribution is -2.22. The second kappa shape index (κ2) is 14.9. The van der Waals surface area contributed by atoms with Crippen LogP contribution in [0.25, 0.3) is 10.8 Å². The molecule has 0 aliphatic carbocycles. The lowest BCUT2D eigenvalue weighted by molar-refractivity contribution is 0.262. The summed E-state index contributed by atoms with van der Waals surface area (Å²) in [6.45, 7) is 5.93. The van der Waals surface area contributed by atoms with E-state index in [2.05, 4.69) is 25.7 Å². The Hall–Kier alpha value is -4.94. The molecule has 0 spiro atoms. The molecule has 0 bridgehead atoms. The summed E-state index contributed by atoms with van der Waals surface area (Å²) in [6, 6.07) is 22.3. The fourth-order valence-electron chi connectivity index (χ4n) is 5.11. The summed E-state index contributed by atoms with van der Waals surface area (Å²) >= 11 is 6.30. The zero-order chi connectivity index (χ0) is 36.2. The van der Waals surface area contributed by atoms with Crippen LogP contribution in [0.4, 0.5) is 33.4 Å². The fourth-order valence-corrected chi connectivity index (χ4v) is 6.57.